The van der Waals surface area contributed by atoms with Gasteiger partial charge in [-0.05, 0) is 109 Å². The second kappa shape index (κ2) is 12.7. The Balaban J connectivity index is 1.81. The maximum Gasteiger partial charge on any atom is 0.320 e. The Labute approximate surface area is 274 Å². The average molecular weight is 636 g/mol. The van der Waals surface area contributed by atoms with E-state index < -0.39 is 47.1 Å². The number of nitrogens with zero attached hydrogens (tertiary/aromatic N) is 3. The van der Waals surface area contributed by atoms with Gasteiger partial charge >= 0.3 is 17.9 Å². The Morgan fingerprint density at radius 2 is 0.844 bits per heavy atom. The lowest BCUT2D eigenvalue weighted by molar-refractivity contribution is -0.173. The molecule has 9 heteroatoms. The molecular weight excluding hydrogens is 570 g/mol. The van der Waals surface area contributed by atoms with Crippen LogP contribution in [-0.4, -0.2) is 104 Å². The van der Waals surface area contributed by atoms with Crippen LogP contribution in [0.5, 0.6) is 0 Å². The molecule has 3 atom stereocenters. The normalized spacial score (nSPS) is 30.6. The second-order valence-electron chi connectivity index (χ2n) is 17.2. The Hall–Kier alpha value is -1.71. The molecule has 0 saturated carbocycles. The third-order valence-electron chi connectivity index (χ3n) is 11.6. The van der Waals surface area contributed by atoms with Gasteiger partial charge in [0.1, 0.15) is 18.3 Å². The largest absolute Gasteiger partial charge is 0.460 e. The maximum atomic E-state index is 13.9. The molecule has 0 aromatic carbocycles. The van der Waals surface area contributed by atoms with Crippen LogP contribution in [0, 0.1) is 5.92 Å². The Morgan fingerprint density at radius 1 is 0.556 bits per heavy atom. The fourth-order valence-electron chi connectivity index (χ4n) is 9.62. The standard InChI is InChI=1S/C36H65N3O6/c1-16-37-31(4,5)21-25(34(37,10)11)43-28(40)20-19-24(29(41)44-26-22-32(6,7)38(17-2)35(26,12)13)30(42)45-27-23-33(8,9)39(18-3)36(27,14)15/h24-27H,16-23H2,1-15H3. The molecule has 3 unspecified atom stereocenters. The van der Waals surface area contributed by atoms with E-state index in [9.17, 15) is 14.4 Å². The molecule has 3 rings (SSSR count). The molecule has 3 saturated heterocycles. The molecule has 0 aliphatic carbocycles. The van der Waals surface area contributed by atoms with Gasteiger partial charge in [0.2, 0.25) is 0 Å². The van der Waals surface area contributed by atoms with Crippen LogP contribution in [-0.2, 0) is 28.6 Å². The summed E-state index contributed by atoms with van der Waals surface area (Å²) < 4.78 is 18.4. The second-order valence-corrected chi connectivity index (χ2v) is 17.2. The molecule has 3 heterocycles. The van der Waals surface area contributed by atoms with Crippen LogP contribution in [0.15, 0.2) is 0 Å². The molecular formula is C36H65N3O6. The quantitative estimate of drug-likeness (QED) is 0.155. The maximum absolute atomic E-state index is 13.9. The fourth-order valence-corrected chi connectivity index (χ4v) is 9.62. The number of hydrogen-bond donors (Lipinski definition) is 0. The van der Waals surface area contributed by atoms with Crippen molar-refractivity contribution in [3.05, 3.63) is 0 Å². The number of carbonyl (C=O) groups excluding carboxylic acids is 3. The van der Waals surface area contributed by atoms with Crippen molar-refractivity contribution in [1.82, 2.24) is 14.7 Å². The predicted octanol–water partition coefficient (Wildman–Crippen LogP) is 5.97. The highest BCUT2D eigenvalue weighted by molar-refractivity contribution is 5.95. The van der Waals surface area contributed by atoms with Crippen molar-refractivity contribution < 1.29 is 28.6 Å². The number of likely N-dealkylation sites (N-methyl/N-ethyl adjacent to an activating group) is 3. The molecule has 3 aliphatic rings. The summed E-state index contributed by atoms with van der Waals surface area (Å²) in [5, 5.41) is 0. The first-order valence-corrected chi connectivity index (χ1v) is 17.3. The molecule has 45 heavy (non-hydrogen) atoms. The minimum absolute atomic E-state index is 0.0212. The summed E-state index contributed by atoms with van der Waals surface area (Å²) in [5.74, 6) is -2.88. The van der Waals surface area contributed by atoms with Gasteiger partial charge in [-0.15, -0.1) is 0 Å². The number of ether oxygens (including phenoxy) is 3. The van der Waals surface area contributed by atoms with Crippen molar-refractivity contribution in [3.8, 4) is 0 Å². The zero-order valence-corrected chi connectivity index (χ0v) is 31.3. The highest BCUT2D eigenvalue weighted by Gasteiger charge is 2.56. The molecule has 3 aliphatic heterocycles. The summed E-state index contributed by atoms with van der Waals surface area (Å²) in [5.41, 5.74) is -1.59. The van der Waals surface area contributed by atoms with Gasteiger partial charge in [0, 0.05) is 42.3 Å². The molecule has 0 amide bonds. The fraction of sp³-hybridized carbons (Fsp3) is 0.917. The molecule has 0 N–H and O–H groups in total. The molecule has 0 aromatic rings. The van der Waals surface area contributed by atoms with Crippen molar-refractivity contribution in [3.63, 3.8) is 0 Å². The van der Waals surface area contributed by atoms with E-state index in [1.54, 1.807) is 0 Å². The molecule has 0 radical (unpaired) electrons. The van der Waals surface area contributed by atoms with Gasteiger partial charge in [0.05, 0.1) is 16.6 Å². The Kier molecular flexibility index (Phi) is 10.7. The summed E-state index contributed by atoms with van der Waals surface area (Å²) in [6.07, 6.45) is 0.830. The summed E-state index contributed by atoms with van der Waals surface area (Å²) in [6, 6.07) is 0. The van der Waals surface area contributed by atoms with Crippen LogP contribution < -0.4 is 0 Å². The van der Waals surface area contributed by atoms with Gasteiger partial charge < -0.3 is 14.2 Å². The van der Waals surface area contributed by atoms with Crippen LogP contribution in [0.4, 0.5) is 0 Å². The van der Waals surface area contributed by atoms with Gasteiger partial charge in [-0.25, -0.2) is 0 Å². The summed E-state index contributed by atoms with van der Waals surface area (Å²) in [6.45, 7) is 34.3. The van der Waals surface area contributed by atoms with E-state index in [0.29, 0.717) is 19.3 Å². The lowest BCUT2D eigenvalue weighted by atomic mass is 9.95. The summed E-state index contributed by atoms with van der Waals surface area (Å²) in [4.78, 5) is 48.2. The lowest BCUT2D eigenvalue weighted by Crippen LogP contribution is -2.52. The molecule has 260 valence electrons. The van der Waals surface area contributed by atoms with Crippen LogP contribution in [0.3, 0.4) is 0 Å². The zero-order chi connectivity index (χ0) is 34.6. The molecule has 0 aromatic heterocycles. The van der Waals surface area contributed by atoms with E-state index in [0.717, 1.165) is 19.6 Å². The number of esters is 3. The molecule has 3 fully saturated rings. The van der Waals surface area contributed by atoms with Crippen LogP contribution >= 0.6 is 0 Å². The van der Waals surface area contributed by atoms with Gasteiger partial charge in [0.15, 0.2) is 5.92 Å². The third kappa shape index (κ3) is 7.11. The summed E-state index contributed by atoms with van der Waals surface area (Å²) >= 11 is 0. The Morgan fingerprint density at radius 3 is 1.11 bits per heavy atom. The predicted molar refractivity (Wildman–Crippen MR) is 178 cm³/mol. The number of rotatable bonds is 11. The van der Waals surface area contributed by atoms with Crippen LogP contribution in [0.25, 0.3) is 0 Å². The van der Waals surface area contributed by atoms with Crippen molar-refractivity contribution >= 4 is 17.9 Å². The SMILES string of the molecule is CCN1C(C)(C)CC(OC(=O)CCC(C(=O)OC2CC(C)(C)N(CC)C2(C)C)C(=O)OC2CC(C)(C)N(CC)C2(C)C)C1(C)C. The minimum Gasteiger partial charge on any atom is -0.460 e. The van der Waals surface area contributed by atoms with Gasteiger partial charge in [-0.3, -0.25) is 29.1 Å². The van der Waals surface area contributed by atoms with E-state index in [-0.39, 0.29) is 41.1 Å². The van der Waals surface area contributed by atoms with Crippen molar-refractivity contribution in [1.29, 1.82) is 0 Å². The van der Waals surface area contributed by atoms with E-state index in [2.05, 4.69) is 119 Å². The van der Waals surface area contributed by atoms with Gasteiger partial charge in [0.25, 0.3) is 0 Å². The highest BCUT2D eigenvalue weighted by Crippen LogP contribution is 2.45. The van der Waals surface area contributed by atoms with E-state index in [1.165, 1.54) is 0 Å². The molecule has 0 bridgehead atoms. The smallest absolute Gasteiger partial charge is 0.320 e. The number of carbonyl (C=O) groups is 3. The summed E-state index contributed by atoms with van der Waals surface area (Å²) in [7, 11) is 0. The number of hydrogen-bond acceptors (Lipinski definition) is 9. The lowest BCUT2D eigenvalue weighted by Gasteiger charge is -2.40. The van der Waals surface area contributed by atoms with E-state index >= 15 is 0 Å². The first-order chi connectivity index (χ1) is 20.4. The van der Waals surface area contributed by atoms with Crippen LogP contribution in [0.2, 0.25) is 0 Å². The highest BCUT2D eigenvalue weighted by atomic mass is 16.6. The average Bonchev–Trinajstić information content (AvgIpc) is 3.24. The molecule has 0 spiro atoms. The van der Waals surface area contributed by atoms with E-state index in [1.807, 2.05) is 0 Å². The minimum atomic E-state index is -1.22. The molecule has 9 nitrogen and oxygen atoms in total. The van der Waals surface area contributed by atoms with Gasteiger partial charge in [-0.1, -0.05) is 20.8 Å². The van der Waals surface area contributed by atoms with Gasteiger partial charge in [-0.2, -0.15) is 0 Å². The monoisotopic (exact) mass is 635 g/mol. The topological polar surface area (TPSA) is 88.6 Å². The first-order valence-electron chi connectivity index (χ1n) is 17.3. The van der Waals surface area contributed by atoms with Crippen molar-refractivity contribution in [2.75, 3.05) is 19.6 Å². The number of likely N-dealkylation sites (tertiary alicyclic amines) is 3. The Bertz CT molecular complexity index is 1050. The van der Waals surface area contributed by atoms with Crippen molar-refractivity contribution in [2.24, 2.45) is 5.92 Å². The first kappa shape index (κ1) is 37.7. The van der Waals surface area contributed by atoms with Crippen LogP contribution in [0.1, 0.15) is 136 Å². The zero-order valence-electron chi connectivity index (χ0n) is 31.3. The third-order valence-corrected chi connectivity index (χ3v) is 11.6. The van der Waals surface area contributed by atoms with E-state index in [4.69, 9.17) is 14.2 Å². The van der Waals surface area contributed by atoms with Crippen molar-refractivity contribution in [2.45, 2.75) is 188 Å².